The van der Waals surface area contributed by atoms with Gasteiger partial charge in [0.25, 0.3) is 0 Å². The third-order valence-electron chi connectivity index (χ3n) is 5.83. The van der Waals surface area contributed by atoms with Gasteiger partial charge in [0.15, 0.2) is 19.2 Å². The second-order valence-electron chi connectivity index (χ2n) is 7.22. The van der Waals surface area contributed by atoms with Crippen LogP contribution in [0.4, 0.5) is 0 Å². The maximum atomic E-state index is 5.42. The summed E-state index contributed by atoms with van der Waals surface area (Å²) in [6, 6.07) is 0. The summed E-state index contributed by atoms with van der Waals surface area (Å²) in [6.45, 7) is 0. The zero-order chi connectivity index (χ0) is 14.0. The third kappa shape index (κ3) is 5.72. The van der Waals surface area contributed by atoms with Gasteiger partial charge < -0.3 is 0 Å². The Hall–Kier alpha value is 0.520. The Morgan fingerprint density at radius 2 is 1.00 bits per heavy atom. The van der Waals surface area contributed by atoms with E-state index in [4.69, 9.17) is 11.8 Å². The van der Waals surface area contributed by atoms with Crippen LogP contribution in [-0.4, -0.2) is 6.16 Å². The summed E-state index contributed by atoms with van der Waals surface area (Å²) in [7, 11) is 0.762. The first-order valence-corrected chi connectivity index (χ1v) is 11.6. The van der Waals surface area contributed by atoms with Crippen molar-refractivity contribution in [3.05, 3.63) is 0 Å². The summed E-state index contributed by atoms with van der Waals surface area (Å²) < 4.78 is 0. The summed E-state index contributed by atoms with van der Waals surface area (Å²) in [6.07, 6.45) is 22.3. The largest absolute Gasteiger partial charge is 0.160 e. The zero-order valence-electron chi connectivity index (χ0n) is 13.2. The number of rotatable bonds is 4. The fraction of sp³-hybridized carbons (Fsp3) is 1.00. The first-order chi connectivity index (χ1) is 9.92. The molecule has 0 saturated heterocycles. The normalized spacial score (nSPS) is 25.1. The number of hydrogen-bond donors (Lipinski definition) is 0. The van der Waals surface area contributed by atoms with Crippen molar-refractivity contribution in [2.45, 2.75) is 89.9 Å². The van der Waals surface area contributed by atoms with E-state index in [1.54, 1.807) is 0 Å². The molecule has 0 aromatic rings. The molecule has 0 aliphatic heterocycles. The molecule has 0 amide bonds. The van der Waals surface area contributed by atoms with Crippen LogP contribution >= 0.6 is 7.36 Å². The standard InChI is InChI=1S/C18H33PS/c20-19-15-18(16-11-7-3-1-4-8-12-16)17-13-9-5-2-6-10-14-17/h16-18H,1-15H2/p+1. The van der Waals surface area contributed by atoms with Crippen LogP contribution in [0.5, 0.6) is 0 Å². The molecule has 2 aliphatic rings. The Bertz CT molecular complexity index is 228. The summed E-state index contributed by atoms with van der Waals surface area (Å²) in [5.41, 5.74) is 0. The second-order valence-corrected chi connectivity index (χ2v) is 8.79. The van der Waals surface area contributed by atoms with Crippen molar-refractivity contribution < 1.29 is 0 Å². The highest BCUT2D eigenvalue weighted by atomic mass is 32.4. The van der Waals surface area contributed by atoms with Gasteiger partial charge in [0.1, 0.15) is 6.16 Å². The molecule has 2 heteroatoms. The molecule has 0 radical (unpaired) electrons. The van der Waals surface area contributed by atoms with Gasteiger partial charge in [0, 0.05) is 5.92 Å². The van der Waals surface area contributed by atoms with Crippen molar-refractivity contribution in [1.29, 1.82) is 0 Å². The molecule has 2 rings (SSSR count). The molecule has 116 valence electrons. The minimum atomic E-state index is 0.762. The van der Waals surface area contributed by atoms with Gasteiger partial charge in [-0.15, -0.1) is 0 Å². The second kappa shape index (κ2) is 10.3. The maximum Gasteiger partial charge on any atom is 0.160 e. The highest BCUT2D eigenvalue weighted by Crippen LogP contribution is 2.39. The molecule has 2 fully saturated rings. The topological polar surface area (TPSA) is 0 Å². The molecular weight excluding hydrogens is 279 g/mol. The molecule has 0 aromatic carbocycles. The molecule has 0 aromatic heterocycles. The summed E-state index contributed by atoms with van der Waals surface area (Å²) in [5.74, 6) is 3.03. The molecule has 2 aliphatic carbocycles. The van der Waals surface area contributed by atoms with E-state index < -0.39 is 0 Å². The maximum absolute atomic E-state index is 5.42. The lowest BCUT2D eigenvalue weighted by Gasteiger charge is -2.33. The Balaban J connectivity index is 1.96. The molecule has 1 unspecified atom stereocenters. The van der Waals surface area contributed by atoms with Gasteiger partial charge in [-0.3, -0.25) is 0 Å². The molecule has 0 N–H and O–H groups in total. The average molecular weight is 314 g/mol. The fourth-order valence-corrected chi connectivity index (χ4v) is 6.08. The minimum Gasteiger partial charge on any atom is -0.0533 e. The highest BCUT2D eigenvalue weighted by molar-refractivity contribution is 7.96. The van der Waals surface area contributed by atoms with Crippen molar-refractivity contribution in [1.82, 2.24) is 0 Å². The van der Waals surface area contributed by atoms with Gasteiger partial charge in [-0.05, 0) is 11.8 Å². The summed E-state index contributed by atoms with van der Waals surface area (Å²) in [5, 5.41) is 0. The first kappa shape index (κ1) is 16.9. The van der Waals surface area contributed by atoms with Gasteiger partial charge in [-0.25, -0.2) is 0 Å². The van der Waals surface area contributed by atoms with Gasteiger partial charge >= 0.3 is 0 Å². The molecule has 0 heterocycles. The van der Waals surface area contributed by atoms with E-state index in [2.05, 4.69) is 0 Å². The van der Waals surface area contributed by atoms with Crippen LogP contribution < -0.4 is 0 Å². The summed E-state index contributed by atoms with van der Waals surface area (Å²) in [4.78, 5) is 0. The Labute approximate surface area is 133 Å². The van der Waals surface area contributed by atoms with Crippen molar-refractivity contribution >= 4 is 19.2 Å². The van der Waals surface area contributed by atoms with Crippen LogP contribution in [0.15, 0.2) is 0 Å². The van der Waals surface area contributed by atoms with E-state index in [0.29, 0.717) is 0 Å². The van der Waals surface area contributed by atoms with Crippen molar-refractivity contribution in [2.75, 3.05) is 6.16 Å². The molecular formula is C18H34PS+. The first-order valence-electron chi connectivity index (χ1n) is 9.27. The SMILES string of the molecule is S=[PH+]CC(C1CCCCCCC1)C1CCCCCCC1. The molecule has 2 saturated carbocycles. The Morgan fingerprint density at radius 1 is 0.650 bits per heavy atom. The van der Waals surface area contributed by atoms with Crippen LogP contribution in [-0.2, 0) is 11.8 Å². The predicted molar refractivity (Wildman–Crippen MR) is 95.7 cm³/mol. The highest BCUT2D eigenvalue weighted by Gasteiger charge is 2.31. The van der Waals surface area contributed by atoms with E-state index in [-0.39, 0.29) is 0 Å². The van der Waals surface area contributed by atoms with Gasteiger partial charge in [0.05, 0.1) is 0 Å². The van der Waals surface area contributed by atoms with Crippen molar-refractivity contribution in [2.24, 2.45) is 17.8 Å². The molecule has 0 nitrogen and oxygen atoms in total. The van der Waals surface area contributed by atoms with E-state index in [1.165, 1.54) is 96.1 Å². The molecule has 0 bridgehead atoms. The quantitative estimate of drug-likeness (QED) is 0.536. The lowest BCUT2D eigenvalue weighted by Crippen LogP contribution is -2.27. The lowest BCUT2D eigenvalue weighted by molar-refractivity contribution is 0.181. The van der Waals surface area contributed by atoms with Gasteiger partial charge in [0.2, 0.25) is 0 Å². The summed E-state index contributed by atoms with van der Waals surface area (Å²) >= 11 is 5.42. The van der Waals surface area contributed by atoms with E-state index >= 15 is 0 Å². The average Bonchev–Trinajstić information content (AvgIpc) is 2.36. The molecule has 20 heavy (non-hydrogen) atoms. The minimum absolute atomic E-state index is 0.762. The lowest BCUT2D eigenvalue weighted by atomic mass is 9.72. The van der Waals surface area contributed by atoms with Gasteiger partial charge in [-0.2, -0.15) is 0 Å². The number of hydrogen-bond acceptors (Lipinski definition) is 1. The Morgan fingerprint density at radius 3 is 1.35 bits per heavy atom. The van der Waals surface area contributed by atoms with Crippen LogP contribution in [0.2, 0.25) is 0 Å². The van der Waals surface area contributed by atoms with Crippen LogP contribution in [0.1, 0.15) is 89.9 Å². The van der Waals surface area contributed by atoms with Crippen LogP contribution in [0, 0.1) is 17.8 Å². The van der Waals surface area contributed by atoms with E-state index in [1.807, 2.05) is 0 Å². The van der Waals surface area contributed by atoms with Crippen molar-refractivity contribution in [3.63, 3.8) is 0 Å². The van der Waals surface area contributed by atoms with E-state index in [9.17, 15) is 0 Å². The van der Waals surface area contributed by atoms with Crippen molar-refractivity contribution in [3.8, 4) is 0 Å². The third-order valence-corrected chi connectivity index (χ3v) is 6.97. The monoisotopic (exact) mass is 313 g/mol. The molecule has 0 spiro atoms. The molecule has 1 atom stereocenters. The zero-order valence-corrected chi connectivity index (χ0v) is 15.1. The van der Waals surface area contributed by atoms with Crippen LogP contribution in [0.3, 0.4) is 0 Å². The Kier molecular flexibility index (Phi) is 8.68. The smallest absolute Gasteiger partial charge is 0.0533 e. The fourth-order valence-electron chi connectivity index (χ4n) is 4.65. The van der Waals surface area contributed by atoms with Crippen LogP contribution in [0.25, 0.3) is 0 Å². The predicted octanol–water partition coefficient (Wildman–Crippen LogP) is 6.46. The van der Waals surface area contributed by atoms with E-state index in [0.717, 1.165) is 25.1 Å². The van der Waals surface area contributed by atoms with Gasteiger partial charge in [-0.1, -0.05) is 89.9 Å².